The Morgan fingerprint density at radius 3 is 2.33 bits per heavy atom. The fourth-order valence-corrected chi connectivity index (χ4v) is 0.835. The molecular weight excluding hydrogens is 150 g/mol. The fraction of sp³-hybridized carbons (Fsp3) is 0.300. The van der Waals surface area contributed by atoms with Crippen molar-refractivity contribution in [3.05, 3.63) is 41.1 Å². The van der Waals surface area contributed by atoms with E-state index < -0.39 is 0 Å². The van der Waals surface area contributed by atoms with Crippen molar-refractivity contribution in [1.29, 1.82) is 0 Å². The Balaban J connectivity index is 2.81. The molecule has 1 aromatic carbocycles. The van der Waals surface area contributed by atoms with E-state index in [2.05, 4.69) is 0 Å². The molecule has 12 heavy (non-hydrogen) atoms. The van der Waals surface area contributed by atoms with Crippen LogP contribution in [0, 0.1) is 5.21 Å². The van der Waals surface area contributed by atoms with Crippen LogP contribution in [0.3, 0.4) is 0 Å². The first kappa shape index (κ1) is 8.78. The quantitative estimate of drug-likeness (QED) is 0.283. The molecule has 1 aromatic rings. The van der Waals surface area contributed by atoms with Crippen LogP contribution >= 0.6 is 0 Å². The molecule has 0 bridgehead atoms. The fourth-order valence-electron chi connectivity index (χ4n) is 0.835. The predicted octanol–water partition coefficient (Wildman–Crippen LogP) is 2.02. The summed E-state index contributed by atoms with van der Waals surface area (Å²) in [5.74, 6) is 0. The maximum atomic E-state index is 11.2. The smallest absolute Gasteiger partial charge is 0.182 e. The summed E-state index contributed by atoms with van der Waals surface area (Å²) in [5.41, 5.74) is 0.946. The minimum absolute atomic E-state index is 0.00482. The highest BCUT2D eigenvalue weighted by Crippen LogP contribution is 1.95. The molecule has 0 amide bonds. The van der Waals surface area contributed by atoms with Gasteiger partial charge in [-0.25, -0.2) is 4.74 Å². The molecule has 0 atom stereocenters. The monoisotopic (exact) mass is 163 g/mol. The molecule has 2 heteroatoms. The second-order valence-electron chi connectivity index (χ2n) is 2.99. The minimum atomic E-state index is 0.00482. The summed E-state index contributed by atoms with van der Waals surface area (Å²) < 4.78 is 0.954. The average molecular weight is 163 g/mol. The van der Waals surface area contributed by atoms with Crippen LogP contribution < -0.4 is 0 Å². The predicted molar refractivity (Wildman–Crippen MR) is 50.4 cm³/mol. The second-order valence-corrected chi connectivity index (χ2v) is 2.99. The Hall–Kier alpha value is -1.31. The van der Waals surface area contributed by atoms with Crippen LogP contribution in [0.1, 0.15) is 19.4 Å². The van der Waals surface area contributed by atoms with Crippen molar-refractivity contribution in [2.75, 3.05) is 0 Å². The summed E-state index contributed by atoms with van der Waals surface area (Å²) in [7, 11) is 0. The van der Waals surface area contributed by atoms with Gasteiger partial charge < -0.3 is 5.21 Å². The van der Waals surface area contributed by atoms with Crippen LogP contribution in [-0.2, 0) is 0 Å². The van der Waals surface area contributed by atoms with Gasteiger partial charge in [-0.1, -0.05) is 18.2 Å². The van der Waals surface area contributed by atoms with E-state index in [9.17, 15) is 5.21 Å². The van der Waals surface area contributed by atoms with Crippen molar-refractivity contribution in [1.82, 2.24) is 0 Å². The van der Waals surface area contributed by atoms with Crippen molar-refractivity contribution in [3.8, 4) is 0 Å². The van der Waals surface area contributed by atoms with Gasteiger partial charge in [-0.15, -0.1) is 0 Å². The Morgan fingerprint density at radius 1 is 1.25 bits per heavy atom. The molecule has 0 fully saturated rings. The molecular formula is C10H13NO. The van der Waals surface area contributed by atoms with E-state index in [1.54, 1.807) is 6.21 Å². The Bertz CT molecular complexity index is 264. The summed E-state index contributed by atoms with van der Waals surface area (Å²) in [5, 5.41) is 11.2. The van der Waals surface area contributed by atoms with Gasteiger partial charge in [0.1, 0.15) is 0 Å². The molecule has 64 valence electrons. The highest BCUT2D eigenvalue weighted by Gasteiger charge is 1.99. The zero-order chi connectivity index (χ0) is 8.97. The Kier molecular flexibility index (Phi) is 2.86. The average Bonchev–Trinajstić information content (AvgIpc) is 2.06. The van der Waals surface area contributed by atoms with Gasteiger partial charge in [0.15, 0.2) is 12.3 Å². The van der Waals surface area contributed by atoms with Gasteiger partial charge in [0.25, 0.3) is 0 Å². The maximum Gasteiger partial charge on any atom is 0.182 e. The van der Waals surface area contributed by atoms with Crippen molar-refractivity contribution >= 4 is 6.21 Å². The molecule has 0 aliphatic heterocycles. The zero-order valence-electron chi connectivity index (χ0n) is 7.40. The first-order valence-corrected chi connectivity index (χ1v) is 4.05. The van der Waals surface area contributed by atoms with Gasteiger partial charge in [-0.2, -0.15) is 0 Å². The van der Waals surface area contributed by atoms with E-state index in [1.165, 1.54) is 0 Å². The Morgan fingerprint density at radius 2 is 1.83 bits per heavy atom. The van der Waals surface area contributed by atoms with E-state index >= 15 is 0 Å². The maximum absolute atomic E-state index is 11.2. The van der Waals surface area contributed by atoms with Crippen LogP contribution in [0.15, 0.2) is 30.3 Å². The highest BCUT2D eigenvalue weighted by molar-refractivity contribution is 5.75. The summed E-state index contributed by atoms with van der Waals surface area (Å²) in [6.45, 7) is 3.74. The van der Waals surface area contributed by atoms with Crippen LogP contribution in [0.4, 0.5) is 0 Å². The molecule has 0 aromatic heterocycles. The van der Waals surface area contributed by atoms with Crippen molar-refractivity contribution in [3.63, 3.8) is 0 Å². The van der Waals surface area contributed by atoms with Crippen LogP contribution in [0.2, 0.25) is 0 Å². The number of hydrogen-bond acceptors (Lipinski definition) is 1. The van der Waals surface area contributed by atoms with E-state index in [0.29, 0.717) is 0 Å². The normalized spacial score (nSPS) is 12.1. The van der Waals surface area contributed by atoms with Gasteiger partial charge in [0.2, 0.25) is 0 Å². The standard InChI is InChI=1S/C10H13NO/c1-9(2)11(12)8-10-6-4-3-5-7-10/h3-9H,1-2H3/b11-8-. The second kappa shape index (κ2) is 3.90. The van der Waals surface area contributed by atoms with Gasteiger partial charge in [0, 0.05) is 5.56 Å². The van der Waals surface area contributed by atoms with E-state index in [1.807, 2.05) is 44.2 Å². The number of hydroxylamine groups is 1. The molecule has 1 rings (SSSR count). The third kappa shape index (κ3) is 2.38. The third-order valence-electron chi connectivity index (χ3n) is 1.58. The van der Waals surface area contributed by atoms with Crippen molar-refractivity contribution in [2.45, 2.75) is 19.9 Å². The van der Waals surface area contributed by atoms with E-state index in [0.717, 1.165) is 10.3 Å². The molecule has 0 spiro atoms. The summed E-state index contributed by atoms with van der Waals surface area (Å²) in [6.07, 6.45) is 1.60. The summed E-state index contributed by atoms with van der Waals surface area (Å²) in [4.78, 5) is 0. The van der Waals surface area contributed by atoms with Gasteiger partial charge in [-0.3, -0.25) is 0 Å². The molecule has 0 unspecified atom stereocenters. The summed E-state index contributed by atoms with van der Waals surface area (Å²) >= 11 is 0. The molecule has 0 saturated heterocycles. The van der Waals surface area contributed by atoms with Crippen LogP contribution in [-0.4, -0.2) is 17.0 Å². The molecule has 2 nitrogen and oxygen atoms in total. The minimum Gasteiger partial charge on any atom is -0.624 e. The lowest BCUT2D eigenvalue weighted by Gasteiger charge is -2.06. The molecule has 0 aliphatic carbocycles. The number of rotatable bonds is 2. The largest absolute Gasteiger partial charge is 0.624 e. The molecule has 0 saturated carbocycles. The third-order valence-corrected chi connectivity index (χ3v) is 1.58. The summed E-state index contributed by atoms with van der Waals surface area (Å²) in [6, 6.07) is 9.59. The first-order valence-electron chi connectivity index (χ1n) is 4.05. The zero-order valence-corrected chi connectivity index (χ0v) is 7.40. The molecule has 0 heterocycles. The Labute approximate surface area is 72.7 Å². The molecule has 0 radical (unpaired) electrons. The van der Waals surface area contributed by atoms with E-state index in [-0.39, 0.29) is 6.04 Å². The number of benzene rings is 1. The van der Waals surface area contributed by atoms with Gasteiger partial charge in [0.05, 0.1) is 0 Å². The van der Waals surface area contributed by atoms with Crippen molar-refractivity contribution in [2.24, 2.45) is 0 Å². The topological polar surface area (TPSA) is 26.1 Å². The highest BCUT2D eigenvalue weighted by atomic mass is 16.5. The first-order chi connectivity index (χ1) is 5.70. The van der Waals surface area contributed by atoms with Gasteiger partial charge >= 0.3 is 0 Å². The lowest BCUT2D eigenvalue weighted by molar-refractivity contribution is -0.487. The van der Waals surface area contributed by atoms with Gasteiger partial charge in [-0.05, 0) is 26.0 Å². The van der Waals surface area contributed by atoms with E-state index in [4.69, 9.17) is 0 Å². The van der Waals surface area contributed by atoms with Crippen molar-refractivity contribution < 1.29 is 4.74 Å². The SMILES string of the molecule is CC(C)/[N+]([O-])=C/c1ccccc1. The van der Waals surface area contributed by atoms with Crippen LogP contribution in [0.25, 0.3) is 0 Å². The van der Waals surface area contributed by atoms with Crippen LogP contribution in [0.5, 0.6) is 0 Å². The molecule has 0 aliphatic rings. The lowest BCUT2D eigenvalue weighted by Crippen LogP contribution is -2.14. The number of hydrogen-bond donors (Lipinski definition) is 0. The lowest BCUT2D eigenvalue weighted by atomic mass is 10.2. The number of nitrogens with zero attached hydrogens (tertiary/aromatic N) is 1. The molecule has 0 N–H and O–H groups in total.